The fourth-order valence-corrected chi connectivity index (χ4v) is 3.87. The summed E-state index contributed by atoms with van der Waals surface area (Å²) in [7, 11) is 0. The van der Waals surface area contributed by atoms with Crippen LogP contribution in [0.25, 0.3) is 11.4 Å². The van der Waals surface area contributed by atoms with Crippen molar-refractivity contribution in [1.29, 1.82) is 0 Å². The Bertz CT molecular complexity index is 1190. The molecule has 0 bridgehead atoms. The van der Waals surface area contributed by atoms with Gasteiger partial charge in [0.05, 0.1) is 16.7 Å². The Balaban J connectivity index is 1.54. The largest absolute Gasteiger partial charge is 0.427 e. The molecule has 0 saturated carbocycles. The highest BCUT2D eigenvalue weighted by Crippen LogP contribution is 2.34. The Labute approximate surface area is 181 Å². The van der Waals surface area contributed by atoms with Crippen molar-refractivity contribution in [3.8, 4) is 11.4 Å². The van der Waals surface area contributed by atoms with Crippen molar-refractivity contribution in [2.75, 3.05) is 19.6 Å². The van der Waals surface area contributed by atoms with Crippen LogP contribution < -0.4 is 0 Å². The van der Waals surface area contributed by atoms with Crippen molar-refractivity contribution >= 4 is 23.3 Å². The minimum atomic E-state index is -0.962. The summed E-state index contributed by atoms with van der Waals surface area (Å²) >= 11 is 0. The maximum absolute atomic E-state index is 13.0. The Hall–Kier alpha value is -4.28. The fraction of sp³-hybridized carbons (Fsp3) is 0.238. The van der Waals surface area contributed by atoms with Crippen LogP contribution in [0.3, 0.4) is 0 Å². The van der Waals surface area contributed by atoms with Gasteiger partial charge in [-0.2, -0.15) is 4.73 Å². The number of aromatic nitrogens is 2. The lowest BCUT2D eigenvalue weighted by molar-refractivity contribution is -0.384. The molecule has 2 amide bonds. The molecule has 164 valence electrons. The van der Waals surface area contributed by atoms with E-state index in [0.717, 1.165) is 18.5 Å². The third kappa shape index (κ3) is 3.53. The van der Waals surface area contributed by atoms with E-state index < -0.39 is 28.3 Å². The molecular weight excluding hydrogens is 418 g/mol. The molecule has 1 aromatic carbocycles. The van der Waals surface area contributed by atoms with Crippen LogP contribution in [0, 0.1) is 10.1 Å². The molecule has 1 N–H and O–H groups in total. The summed E-state index contributed by atoms with van der Waals surface area (Å²) in [5.41, 5.74) is -0.362. The predicted octanol–water partition coefficient (Wildman–Crippen LogP) is 1.69. The number of pyridine rings is 1. The number of hydrogen-bond acceptors (Lipinski definition) is 7. The Morgan fingerprint density at radius 3 is 2.53 bits per heavy atom. The van der Waals surface area contributed by atoms with E-state index in [1.165, 1.54) is 4.90 Å². The number of piperazine rings is 1. The minimum Gasteiger partial charge on any atom is -0.427 e. The molecule has 3 aliphatic rings. The average Bonchev–Trinajstić information content (AvgIpc) is 3.24. The monoisotopic (exact) mass is 437 g/mol. The zero-order valence-corrected chi connectivity index (χ0v) is 17.0. The highest BCUT2D eigenvalue weighted by Gasteiger charge is 2.37. The molecule has 3 heterocycles. The summed E-state index contributed by atoms with van der Waals surface area (Å²) in [4.78, 5) is 56.1. The number of carbonyl (C=O) groups is 3. The Morgan fingerprint density at radius 1 is 1.16 bits per heavy atom. The van der Waals surface area contributed by atoms with Gasteiger partial charge in [0.15, 0.2) is 5.82 Å². The summed E-state index contributed by atoms with van der Waals surface area (Å²) in [6, 6.07) is 9.35. The van der Waals surface area contributed by atoms with Crippen molar-refractivity contribution in [2.24, 2.45) is 0 Å². The molecule has 1 fully saturated rings. The second-order valence-corrected chi connectivity index (χ2v) is 7.47. The normalized spacial score (nSPS) is 16.2. The summed E-state index contributed by atoms with van der Waals surface area (Å²) in [5.74, 6) is -2.16. The van der Waals surface area contributed by atoms with Gasteiger partial charge in [0, 0.05) is 43.5 Å². The molecular formula is C21H19N5O6. The van der Waals surface area contributed by atoms with Gasteiger partial charge in [-0.3, -0.25) is 24.5 Å². The molecule has 0 radical (unpaired) electrons. The summed E-state index contributed by atoms with van der Waals surface area (Å²) < 4.78 is 0.556. The lowest BCUT2D eigenvalue weighted by Gasteiger charge is -2.39. The van der Waals surface area contributed by atoms with Crippen LogP contribution in [0.1, 0.15) is 27.6 Å². The molecule has 0 aliphatic carbocycles. The van der Waals surface area contributed by atoms with Gasteiger partial charge in [0.2, 0.25) is 0 Å². The predicted molar refractivity (Wildman–Crippen MR) is 111 cm³/mol. The number of amides is 2. The zero-order valence-electron chi connectivity index (χ0n) is 17.0. The van der Waals surface area contributed by atoms with E-state index in [1.807, 2.05) is 6.07 Å². The van der Waals surface area contributed by atoms with Crippen molar-refractivity contribution in [3.63, 3.8) is 0 Å². The highest BCUT2D eigenvalue weighted by atomic mass is 16.6. The molecule has 4 rings (SSSR count). The van der Waals surface area contributed by atoms with Crippen LogP contribution in [-0.4, -0.2) is 72.9 Å². The van der Waals surface area contributed by atoms with Crippen molar-refractivity contribution in [3.05, 3.63) is 70.0 Å². The fourth-order valence-electron chi connectivity index (χ4n) is 3.87. The number of ketones is 1. The Kier molecular flexibility index (Phi) is 5.31. The molecule has 32 heavy (non-hydrogen) atoms. The number of rotatable bonds is 4. The number of carbonyl (C=O) groups excluding carboxylic acids is 3. The first-order valence-electron chi connectivity index (χ1n) is 9.83. The molecule has 3 aliphatic heterocycles. The van der Waals surface area contributed by atoms with Gasteiger partial charge < -0.3 is 15.0 Å². The van der Waals surface area contributed by atoms with Gasteiger partial charge in [-0.1, -0.05) is 18.2 Å². The number of nitrogens with zero attached hydrogens (tertiary/aromatic N) is 5. The second kappa shape index (κ2) is 8.10. The first-order valence-corrected chi connectivity index (χ1v) is 9.83. The first-order chi connectivity index (χ1) is 15.3. The number of nitro groups is 1. The van der Waals surface area contributed by atoms with E-state index in [1.54, 1.807) is 36.1 Å². The minimum absolute atomic E-state index is 0.137. The average molecular weight is 437 g/mol. The van der Waals surface area contributed by atoms with Gasteiger partial charge in [-0.25, -0.2) is 4.98 Å². The van der Waals surface area contributed by atoms with E-state index in [2.05, 4.69) is 4.98 Å². The van der Waals surface area contributed by atoms with E-state index >= 15 is 0 Å². The smallest absolute Gasteiger partial charge is 0.295 e. The van der Waals surface area contributed by atoms with E-state index in [-0.39, 0.29) is 42.5 Å². The third-order valence-corrected chi connectivity index (χ3v) is 5.49. The molecule has 1 aromatic rings. The van der Waals surface area contributed by atoms with Gasteiger partial charge in [-0.15, -0.1) is 0 Å². The summed E-state index contributed by atoms with van der Waals surface area (Å²) in [5, 5.41) is 21.2. The highest BCUT2D eigenvalue weighted by molar-refractivity contribution is 6.44. The molecule has 1 atom stereocenters. The quantitative estimate of drug-likeness (QED) is 0.215. The number of fused-ring (bicyclic) bond motifs is 1. The van der Waals surface area contributed by atoms with Gasteiger partial charge in [0.25, 0.3) is 23.3 Å². The van der Waals surface area contributed by atoms with Gasteiger partial charge in [-0.05, 0) is 19.1 Å². The summed E-state index contributed by atoms with van der Waals surface area (Å²) in [6.45, 7) is 2.34. The summed E-state index contributed by atoms with van der Waals surface area (Å²) in [6.07, 6.45) is 2.08. The first kappa shape index (κ1) is 21.0. The SMILES string of the molecule is C[C@@H]1CN(C(=O)c2ccccc2)CCN1C(=O)C(=O)c1cnc2n(O)ccc([N+](=O)[O-])c1-2. The van der Waals surface area contributed by atoms with Crippen LogP contribution in [0.15, 0.2) is 48.8 Å². The van der Waals surface area contributed by atoms with Crippen LogP contribution in [0.5, 0.6) is 0 Å². The van der Waals surface area contributed by atoms with Crippen LogP contribution >= 0.6 is 0 Å². The zero-order chi connectivity index (χ0) is 23.0. The molecule has 11 nitrogen and oxygen atoms in total. The number of hydrogen-bond donors (Lipinski definition) is 1. The second-order valence-electron chi connectivity index (χ2n) is 7.47. The maximum atomic E-state index is 13.0. The molecule has 0 unspecified atom stereocenters. The lowest BCUT2D eigenvalue weighted by atomic mass is 10.0. The maximum Gasteiger partial charge on any atom is 0.295 e. The van der Waals surface area contributed by atoms with Gasteiger partial charge in [0.1, 0.15) is 5.56 Å². The Morgan fingerprint density at radius 2 is 1.88 bits per heavy atom. The molecule has 0 aromatic heterocycles. The third-order valence-electron chi connectivity index (χ3n) is 5.49. The molecule has 1 saturated heterocycles. The number of Topliss-reactive ketones (excluding diaryl/α,β-unsaturated/α-hetero) is 1. The number of benzene rings is 1. The van der Waals surface area contributed by atoms with Crippen LogP contribution in [-0.2, 0) is 4.79 Å². The van der Waals surface area contributed by atoms with Crippen molar-refractivity contribution in [2.45, 2.75) is 13.0 Å². The van der Waals surface area contributed by atoms with Crippen LogP contribution in [0.2, 0.25) is 0 Å². The lowest BCUT2D eigenvalue weighted by Crippen LogP contribution is -2.56. The van der Waals surface area contributed by atoms with Crippen molar-refractivity contribution in [1.82, 2.24) is 19.5 Å². The molecule has 0 spiro atoms. The van der Waals surface area contributed by atoms with E-state index in [4.69, 9.17) is 0 Å². The topological polar surface area (TPSA) is 139 Å². The van der Waals surface area contributed by atoms with Crippen molar-refractivity contribution < 1.29 is 24.5 Å². The van der Waals surface area contributed by atoms with E-state index in [0.29, 0.717) is 10.3 Å². The molecule has 11 heteroatoms. The standard InChI is InChI=1S/C21H19N5O6/c1-13-12-23(20(28)14-5-3-2-4-6-14)9-10-24(13)21(29)18(27)15-11-22-19-17(15)16(26(31)32)7-8-25(19)30/h2-8,11,13,30H,9-10,12H2,1H3/t13-/m1/s1. The van der Waals surface area contributed by atoms with Crippen LogP contribution in [0.4, 0.5) is 5.69 Å². The van der Waals surface area contributed by atoms with E-state index in [9.17, 15) is 29.7 Å². The van der Waals surface area contributed by atoms with Gasteiger partial charge >= 0.3 is 0 Å².